The second-order valence-electron chi connectivity index (χ2n) is 5.93. The van der Waals surface area contributed by atoms with Crippen molar-refractivity contribution in [1.82, 2.24) is 20.0 Å². The van der Waals surface area contributed by atoms with Crippen molar-refractivity contribution in [2.45, 2.75) is 19.1 Å². The fourth-order valence-electron chi connectivity index (χ4n) is 3.00. The van der Waals surface area contributed by atoms with Gasteiger partial charge in [-0.2, -0.15) is 5.10 Å². The Morgan fingerprint density at radius 2 is 2.33 bits per heavy atom. The predicted octanol–water partition coefficient (Wildman–Crippen LogP) is 0.798. The predicted molar refractivity (Wildman–Crippen MR) is 89.0 cm³/mol. The first-order valence-corrected chi connectivity index (χ1v) is 7.97. The van der Waals surface area contributed by atoms with Crippen LogP contribution in [0.25, 0.3) is 0 Å². The molecule has 2 N–H and O–H groups in total. The van der Waals surface area contributed by atoms with Crippen molar-refractivity contribution in [2.75, 3.05) is 26.7 Å². The molecule has 1 aromatic carbocycles. The number of methoxy groups -OCH3 is 1. The fourth-order valence-corrected chi connectivity index (χ4v) is 3.00. The van der Waals surface area contributed by atoms with Gasteiger partial charge >= 0.3 is 5.97 Å². The van der Waals surface area contributed by atoms with Crippen LogP contribution in [0.2, 0.25) is 0 Å². The third-order valence-corrected chi connectivity index (χ3v) is 4.20. The molecular weight excluding hydrogens is 308 g/mol. The van der Waals surface area contributed by atoms with E-state index in [4.69, 9.17) is 9.84 Å². The van der Waals surface area contributed by atoms with E-state index in [2.05, 4.69) is 21.4 Å². The van der Waals surface area contributed by atoms with Crippen LogP contribution in [0.15, 0.2) is 36.7 Å². The highest BCUT2D eigenvalue weighted by atomic mass is 16.5. The van der Waals surface area contributed by atoms with Crippen LogP contribution in [0.3, 0.4) is 0 Å². The van der Waals surface area contributed by atoms with E-state index in [1.807, 2.05) is 29.1 Å². The Morgan fingerprint density at radius 1 is 1.46 bits per heavy atom. The zero-order valence-electron chi connectivity index (χ0n) is 13.7. The Labute approximate surface area is 140 Å². The van der Waals surface area contributed by atoms with Crippen molar-refractivity contribution in [3.05, 3.63) is 47.8 Å². The van der Waals surface area contributed by atoms with Crippen molar-refractivity contribution >= 4 is 5.97 Å². The zero-order chi connectivity index (χ0) is 16.9. The van der Waals surface area contributed by atoms with Crippen LogP contribution in [0.5, 0.6) is 5.75 Å². The number of benzene rings is 1. The van der Waals surface area contributed by atoms with Crippen molar-refractivity contribution in [3.63, 3.8) is 0 Å². The van der Waals surface area contributed by atoms with Crippen LogP contribution in [-0.4, -0.2) is 58.5 Å². The molecule has 7 heteroatoms. The maximum atomic E-state index is 11.2. The third-order valence-electron chi connectivity index (χ3n) is 4.20. The number of carboxylic acid groups (broad SMARTS) is 1. The lowest BCUT2D eigenvalue weighted by Gasteiger charge is -2.31. The number of nitrogens with one attached hydrogen (secondary N) is 1. The summed E-state index contributed by atoms with van der Waals surface area (Å²) in [5, 5.41) is 16.4. The van der Waals surface area contributed by atoms with Crippen molar-refractivity contribution in [3.8, 4) is 5.75 Å². The molecule has 1 fully saturated rings. The summed E-state index contributed by atoms with van der Waals surface area (Å²) in [4.78, 5) is 13.3. The second kappa shape index (κ2) is 7.46. The van der Waals surface area contributed by atoms with Crippen LogP contribution in [-0.2, 0) is 17.9 Å². The van der Waals surface area contributed by atoms with Gasteiger partial charge in [-0.1, -0.05) is 6.07 Å². The summed E-state index contributed by atoms with van der Waals surface area (Å²) in [5.41, 5.74) is 2.20. The van der Waals surface area contributed by atoms with Gasteiger partial charge in [0.25, 0.3) is 0 Å². The molecule has 2 heterocycles. The topological polar surface area (TPSA) is 79.6 Å². The fraction of sp³-hybridized carbons (Fsp3) is 0.412. The minimum Gasteiger partial charge on any atom is -0.496 e. The Kier molecular flexibility index (Phi) is 5.12. The molecule has 1 aliphatic rings. The molecule has 0 radical (unpaired) electrons. The van der Waals surface area contributed by atoms with Gasteiger partial charge in [-0.15, -0.1) is 0 Å². The van der Waals surface area contributed by atoms with E-state index in [1.165, 1.54) is 0 Å². The molecule has 0 amide bonds. The molecule has 24 heavy (non-hydrogen) atoms. The summed E-state index contributed by atoms with van der Waals surface area (Å²) in [6.07, 6.45) is 3.67. The van der Waals surface area contributed by atoms with Gasteiger partial charge in [0.2, 0.25) is 0 Å². The van der Waals surface area contributed by atoms with Gasteiger partial charge in [0.05, 0.1) is 13.7 Å². The molecule has 2 aromatic rings. The van der Waals surface area contributed by atoms with E-state index in [0.29, 0.717) is 19.6 Å². The molecule has 128 valence electrons. The first kappa shape index (κ1) is 16.5. The number of nitrogens with zero attached hydrogens (tertiary/aromatic N) is 3. The molecule has 0 aliphatic carbocycles. The van der Waals surface area contributed by atoms with Crippen LogP contribution in [0.4, 0.5) is 0 Å². The van der Waals surface area contributed by atoms with Gasteiger partial charge in [-0.25, -0.2) is 0 Å². The number of aromatic nitrogens is 2. The van der Waals surface area contributed by atoms with Gasteiger partial charge in [0, 0.05) is 44.1 Å². The molecule has 0 saturated carbocycles. The Morgan fingerprint density at radius 3 is 3.04 bits per heavy atom. The number of carboxylic acids is 1. The summed E-state index contributed by atoms with van der Waals surface area (Å²) in [6, 6.07) is 7.50. The Balaban J connectivity index is 1.72. The standard InChI is InChI=1S/C17H22N4O3/c1-24-16-4-3-13(9-14(16)11-21-7-2-5-19-21)10-20-8-6-18-15(12-20)17(22)23/h2-5,7,9,15,18H,6,8,10-12H2,1H3,(H,22,23)/t15-/m0/s1. The molecule has 0 unspecified atom stereocenters. The molecular formula is C17H22N4O3. The van der Waals surface area contributed by atoms with E-state index in [0.717, 1.165) is 30.0 Å². The zero-order valence-corrected chi connectivity index (χ0v) is 13.7. The summed E-state index contributed by atoms with van der Waals surface area (Å²) in [7, 11) is 1.66. The number of hydrogen-bond acceptors (Lipinski definition) is 5. The van der Waals surface area contributed by atoms with E-state index >= 15 is 0 Å². The maximum Gasteiger partial charge on any atom is 0.322 e. The van der Waals surface area contributed by atoms with Crippen LogP contribution < -0.4 is 10.1 Å². The lowest BCUT2D eigenvalue weighted by molar-refractivity contribution is -0.140. The highest BCUT2D eigenvalue weighted by Gasteiger charge is 2.24. The van der Waals surface area contributed by atoms with Gasteiger partial charge in [-0.05, 0) is 23.8 Å². The van der Waals surface area contributed by atoms with Gasteiger partial charge in [-0.3, -0.25) is 14.4 Å². The lowest BCUT2D eigenvalue weighted by atomic mass is 10.1. The van der Waals surface area contributed by atoms with Crippen LogP contribution >= 0.6 is 0 Å². The average molecular weight is 330 g/mol. The Bertz CT molecular complexity index is 687. The third kappa shape index (κ3) is 3.93. The molecule has 1 aliphatic heterocycles. The van der Waals surface area contributed by atoms with E-state index < -0.39 is 12.0 Å². The molecule has 1 atom stereocenters. The number of hydrogen-bond donors (Lipinski definition) is 2. The number of carbonyl (C=O) groups is 1. The van der Waals surface area contributed by atoms with Crippen molar-refractivity contribution in [1.29, 1.82) is 0 Å². The first-order chi connectivity index (χ1) is 11.7. The highest BCUT2D eigenvalue weighted by Crippen LogP contribution is 2.22. The maximum absolute atomic E-state index is 11.2. The molecule has 1 aromatic heterocycles. The summed E-state index contributed by atoms with van der Waals surface area (Å²) < 4.78 is 7.30. The SMILES string of the molecule is COc1ccc(CN2CCN[C@H](C(=O)O)C2)cc1Cn1cccn1. The van der Waals surface area contributed by atoms with Gasteiger partial charge in [0.15, 0.2) is 0 Å². The monoisotopic (exact) mass is 330 g/mol. The minimum atomic E-state index is -0.797. The van der Waals surface area contributed by atoms with Crippen LogP contribution in [0, 0.1) is 0 Å². The molecule has 0 spiro atoms. The second-order valence-corrected chi connectivity index (χ2v) is 5.93. The summed E-state index contributed by atoms with van der Waals surface area (Å²) in [6.45, 7) is 3.40. The van der Waals surface area contributed by atoms with Crippen molar-refractivity contribution in [2.24, 2.45) is 0 Å². The van der Waals surface area contributed by atoms with E-state index in [1.54, 1.807) is 13.3 Å². The van der Waals surface area contributed by atoms with E-state index in [-0.39, 0.29) is 0 Å². The van der Waals surface area contributed by atoms with Gasteiger partial charge < -0.3 is 15.2 Å². The lowest BCUT2D eigenvalue weighted by Crippen LogP contribution is -2.53. The minimum absolute atomic E-state index is 0.499. The van der Waals surface area contributed by atoms with Crippen molar-refractivity contribution < 1.29 is 14.6 Å². The number of piperazine rings is 1. The Hall–Kier alpha value is -2.38. The van der Waals surface area contributed by atoms with E-state index in [9.17, 15) is 4.79 Å². The largest absolute Gasteiger partial charge is 0.496 e. The highest BCUT2D eigenvalue weighted by molar-refractivity contribution is 5.73. The molecule has 7 nitrogen and oxygen atoms in total. The molecule has 0 bridgehead atoms. The van der Waals surface area contributed by atoms with Gasteiger partial charge in [0.1, 0.15) is 11.8 Å². The summed E-state index contributed by atoms with van der Waals surface area (Å²) in [5.74, 6) is 0.0341. The number of aliphatic carboxylic acids is 1. The smallest absolute Gasteiger partial charge is 0.322 e. The first-order valence-electron chi connectivity index (χ1n) is 7.97. The average Bonchev–Trinajstić information content (AvgIpc) is 3.08. The number of rotatable bonds is 6. The van der Waals surface area contributed by atoms with Crippen LogP contribution in [0.1, 0.15) is 11.1 Å². The molecule has 3 rings (SSSR count). The number of ether oxygens (including phenoxy) is 1. The normalized spacial score (nSPS) is 18.5. The summed E-state index contributed by atoms with van der Waals surface area (Å²) >= 11 is 0. The molecule has 1 saturated heterocycles. The quantitative estimate of drug-likeness (QED) is 0.815.